The van der Waals surface area contributed by atoms with Gasteiger partial charge in [-0.05, 0) is 79.7 Å². The maximum atomic E-state index is 12.4. The van der Waals surface area contributed by atoms with Gasteiger partial charge in [0.15, 0.2) is 18.2 Å². The van der Waals surface area contributed by atoms with Gasteiger partial charge in [0.1, 0.15) is 10.6 Å². The van der Waals surface area contributed by atoms with Gasteiger partial charge >= 0.3 is 16.1 Å². The average molecular weight is 520 g/mol. The maximum absolute atomic E-state index is 12.4. The molecule has 0 aliphatic rings. The highest BCUT2D eigenvalue weighted by Gasteiger charge is 2.17. The third kappa shape index (κ3) is 6.50. The highest BCUT2D eigenvalue weighted by atomic mass is 32.2. The predicted octanol–water partition coefficient (Wildman–Crippen LogP) is 4.65. The van der Waals surface area contributed by atoms with Crippen molar-refractivity contribution in [2.24, 2.45) is 0 Å². The number of Topliss-reactive ketones (excluding diaryl/α,β-unsaturated/α-hetero) is 1. The Morgan fingerprint density at radius 3 is 2.11 bits per heavy atom. The number of hydrogen-bond donors (Lipinski definition) is 1. The van der Waals surface area contributed by atoms with Gasteiger partial charge in [0, 0.05) is 11.3 Å². The zero-order valence-electron chi connectivity index (χ0n) is 19.5. The molecule has 10 heteroatoms. The summed E-state index contributed by atoms with van der Waals surface area (Å²) < 4.78 is 40.0. The van der Waals surface area contributed by atoms with Crippen LogP contribution in [0.4, 0.5) is 5.69 Å². The van der Waals surface area contributed by atoms with E-state index in [1.54, 1.807) is 18.2 Å². The lowest BCUT2D eigenvalue weighted by Gasteiger charge is -2.09. The first kappa shape index (κ1) is 25.4. The lowest BCUT2D eigenvalue weighted by atomic mass is 10.1. The Balaban J connectivity index is 1.30. The van der Waals surface area contributed by atoms with E-state index in [2.05, 4.69) is 5.32 Å². The van der Waals surface area contributed by atoms with Crippen LogP contribution in [0.2, 0.25) is 0 Å². The molecule has 0 saturated heterocycles. The van der Waals surface area contributed by atoms with E-state index >= 15 is 0 Å². The van der Waals surface area contributed by atoms with Gasteiger partial charge in [-0.15, -0.1) is 0 Å². The van der Waals surface area contributed by atoms with Crippen LogP contribution in [0.3, 0.4) is 0 Å². The van der Waals surface area contributed by atoms with E-state index in [4.69, 9.17) is 13.3 Å². The Bertz CT molecular complexity index is 1510. The summed E-state index contributed by atoms with van der Waals surface area (Å²) >= 11 is 0. The van der Waals surface area contributed by atoms with Crippen molar-refractivity contribution in [3.05, 3.63) is 114 Å². The SMILES string of the molecule is Cc1ccc(S(=O)(=O)Oc2ccc(C(=O)COC(=O)c3ccc(NC(=O)c4ccco4)cc3)cc2)cc1. The van der Waals surface area contributed by atoms with Crippen LogP contribution in [0.1, 0.15) is 36.8 Å². The number of carbonyl (C=O) groups excluding carboxylic acids is 3. The molecule has 1 aromatic heterocycles. The van der Waals surface area contributed by atoms with Gasteiger partial charge in [0.05, 0.1) is 11.8 Å². The number of esters is 1. The Kier molecular flexibility index (Phi) is 7.49. The van der Waals surface area contributed by atoms with E-state index in [1.807, 2.05) is 6.92 Å². The Labute approximate surface area is 212 Å². The summed E-state index contributed by atoms with van der Waals surface area (Å²) in [5, 5.41) is 2.63. The van der Waals surface area contributed by atoms with Gasteiger partial charge in [-0.1, -0.05) is 17.7 Å². The van der Waals surface area contributed by atoms with Crippen molar-refractivity contribution in [3.8, 4) is 5.75 Å². The van der Waals surface area contributed by atoms with Crippen LogP contribution >= 0.6 is 0 Å². The molecular formula is C27H21NO8S. The predicted molar refractivity (Wildman–Crippen MR) is 133 cm³/mol. The van der Waals surface area contributed by atoms with Crippen molar-refractivity contribution in [3.63, 3.8) is 0 Å². The fourth-order valence-electron chi connectivity index (χ4n) is 3.16. The molecule has 188 valence electrons. The van der Waals surface area contributed by atoms with Crippen LogP contribution in [0, 0.1) is 6.92 Å². The summed E-state index contributed by atoms with van der Waals surface area (Å²) in [7, 11) is -4.02. The highest BCUT2D eigenvalue weighted by Crippen LogP contribution is 2.20. The van der Waals surface area contributed by atoms with Crippen LogP contribution in [-0.4, -0.2) is 32.7 Å². The van der Waals surface area contributed by atoms with Crippen LogP contribution in [0.25, 0.3) is 0 Å². The monoisotopic (exact) mass is 519 g/mol. The minimum atomic E-state index is -4.02. The normalized spacial score (nSPS) is 10.9. The molecule has 0 radical (unpaired) electrons. The van der Waals surface area contributed by atoms with E-state index in [9.17, 15) is 22.8 Å². The molecule has 0 atom stereocenters. The van der Waals surface area contributed by atoms with Gasteiger partial charge < -0.3 is 18.7 Å². The number of amides is 1. The fourth-order valence-corrected chi connectivity index (χ4v) is 4.09. The molecule has 4 aromatic rings. The molecule has 4 rings (SSSR count). The van der Waals surface area contributed by atoms with E-state index in [1.165, 1.54) is 73.0 Å². The van der Waals surface area contributed by atoms with Crippen molar-refractivity contribution in [2.75, 3.05) is 11.9 Å². The van der Waals surface area contributed by atoms with Gasteiger partial charge in [-0.3, -0.25) is 9.59 Å². The summed E-state index contributed by atoms with van der Waals surface area (Å²) in [4.78, 5) is 36.7. The third-order valence-corrected chi connectivity index (χ3v) is 6.41. The molecule has 0 unspecified atom stereocenters. The second-order valence-corrected chi connectivity index (χ2v) is 9.43. The zero-order valence-corrected chi connectivity index (χ0v) is 20.4. The number of hydrogen-bond acceptors (Lipinski definition) is 8. The molecule has 0 aliphatic carbocycles. The highest BCUT2D eigenvalue weighted by molar-refractivity contribution is 7.87. The first-order valence-electron chi connectivity index (χ1n) is 11.0. The number of furan rings is 1. The fraction of sp³-hybridized carbons (Fsp3) is 0.0741. The molecule has 0 aliphatic heterocycles. The molecule has 3 aromatic carbocycles. The maximum Gasteiger partial charge on any atom is 0.339 e. The second kappa shape index (κ2) is 10.9. The summed E-state index contributed by atoms with van der Waals surface area (Å²) in [6, 6.07) is 20.7. The van der Waals surface area contributed by atoms with Gasteiger partial charge in [0.25, 0.3) is 5.91 Å². The minimum absolute atomic E-state index is 0.0121. The van der Waals surface area contributed by atoms with Gasteiger partial charge in [-0.25, -0.2) is 4.79 Å². The molecule has 0 spiro atoms. The van der Waals surface area contributed by atoms with Crippen LogP contribution < -0.4 is 9.50 Å². The zero-order chi connectivity index (χ0) is 26.4. The number of benzene rings is 3. The number of ketones is 1. The smallest absolute Gasteiger partial charge is 0.339 e. The number of anilines is 1. The minimum Gasteiger partial charge on any atom is -0.459 e. The number of carbonyl (C=O) groups is 3. The largest absolute Gasteiger partial charge is 0.459 e. The topological polar surface area (TPSA) is 129 Å². The summed E-state index contributed by atoms with van der Waals surface area (Å²) in [6.07, 6.45) is 1.38. The Morgan fingerprint density at radius 1 is 0.838 bits per heavy atom. The number of ether oxygens (including phenoxy) is 1. The molecule has 0 fully saturated rings. The number of aryl methyl sites for hydroxylation is 1. The van der Waals surface area contributed by atoms with E-state index in [-0.39, 0.29) is 27.5 Å². The van der Waals surface area contributed by atoms with Crippen molar-refractivity contribution < 1.29 is 36.1 Å². The molecule has 1 heterocycles. The lowest BCUT2D eigenvalue weighted by Crippen LogP contribution is -2.15. The molecule has 0 saturated carbocycles. The number of rotatable bonds is 9. The van der Waals surface area contributed by atoms with E-state index < -0.39 is 34.4 Å². The Morgan fingerprint density at radius 2 is 1.49 bits per heavy atom. The van der Waals surface area contributed by atoms with Crippen LogP contribution in [0.15, 0.2) is 101 Å². The lowest BCUT2D eigenvalue weighted by molar-refractivity contribution is 0.0474. The molecule has 1 amide bonds. The molecule has 0 bridgehead atoms. The second-order valence-electron chi connectivity index (χ2n) is 7.88. The van der Waals surface area contributed by atoms with Crippen LogP contribution in [-0.2, 0) is 14.9 Å². The molecular weight excluding hydrogens is 498 g/mol. The quantitative estimate of drug-likeness (QED) is 0.192. The Hall–Kier alpha value is -4.70. The first-order valence-corrected chi connectivity index (χ1v) is 12.4. The van der Waals surface area contributed by atoms with E-state index in [0.717, 1.165) is 5.56 Å². The van der Waals surface area contributed by atoms with E-state index in [0.29, 0.717) is 5.69 Å². The van der Waals surface area contributed by atoms with Crippen molar-refractivity contribution >= 4 is 33.5 Å². The van der Waals surface area contributed by atoms with Crippen molar-refractivity contribution in [2.45, 2.75) is 11.8 Å². The van der Waals surface area contributed by atoms with Crippen molar-refractivity contribution in [1.29, 1.82) is 0 Å². The van der Waals surface area contributed by atoms with Crippen LogP contribution in [0.5, 0.6) is 5.75 Å². The molecule has 37 heavy (non-hydrogen) atoms. The van der Waals surface area contributed by atoms with Gasteiger partial charge in [-0.2, -0.15) is 8.42 Å². The molecule has 1 N–H and O–H groups in total. The summed E-state index contributed by atoms with van der Waals surface area (Å²) in [5.41, 5.74) is 1.76. The third-order valence-electron chi connectivity index (χ3n) is 5.15. The summed E-state index contributed by atoms with van der Waals surface area (Å²) in [5.74, 6) is -1.46. The summed E-state index contributed by atoms with van der Waals surface area (Å²) in [6.45, 7) is 1.32. The number of nitrogens with one attached hydrogen (secondary N) is 1. The van der Waals surface area contributed by atoms with Crippen molar-refractivity contribution in [1.82, 2.24) is 0 Å². The average Bonchev–Trinajstić information content (AvgIpc) is 3.43. The van der Waals surface area contributed by atoms with Gasteiger partial charge in [0.2, 0.25) is 0 Å². The first-order chi connectivity index (χ1) is 17.7. The molecule has 9 nitrogen and oxygen atoms in total. The standard InChI is InChI=1S/C27H21NO8S/c1-18-4-14-23(15-5-18)37(32,33)36-22-12-8-19(9-13-22)24(29)17-35-27(31)20-6-10-21(11-7-20)28-26(30)25-3-2-16-34-25/h2-16H,17H2,1H3,(H,28,30).